The van der Waals surface area contributed by atoms with Crippen LogP contribution in [-0.2, 0) is 11.3 Å². The average Bonchev–Trinajstić information content (AvgIpc) is 2.62. The number of carbonyl (C=O) groups is 1. The number of aryl methyl sites for hydroxylation is 1. The predicted molar refractivity (Wildman–Crippen MR) is 92.1 cm³/mol. The molecule has 0 spiro atoms. The van der Waals surface area contributed by atoms with Gasteiger partial charge in [0, 0.05) is 30.5 Å². The van der Waals surface area contributed by atoms with Gasteiger partial charge < -0.3 is 20.3 Å². The van der Waals surface area contributed by atoms with Crippen molar-refractivity contribution in [3.8, 4) is 0 Å². The van der Waals surface area contributed by atoms with Crippen LogP contribution in [0.25, 0.3) is 0 Å². The number of hydrogen-bond donors (Lipinski definition) is 2. The number of anilines is 2. The minimum Gasteiger partial charge on any atom is -0.378 e. The van der Waals surface area contributed by atoms with Gasteiger partial charge in [0.2, 0.25) is 0 Å². The van der Waals surface area contributed by atoms with Gasteiger partial charge in [-0.3, -0.25) is 0 Å². The zero-order chi connectivity index (χ0) is 17.6. The molecular weight excluding hydrogens is 325 g/mol. The van der Waals surface area contributed by atoms with E-state index in [1.165, 1.54) is 24.3 Å². The molecule has 2 N–H and O–H groups in total. The van der Waals surface area contributed by atoms with E-state index in [2.05, 4.69) is 25.5 Å². The lowest BCUT2D eigenvalue weighted by Crippen LogP contribution is -2.37. The van der Waals surface area contributed by atoms with Gasteiger partial charge >= 0.3 is 6.03 Å². The van der Waals surface area contributed by atoms with Crippen molar-refractivity contribution in [3.63, 3.8) is 0 Å². The highest BCUT2D eigenvalue weighted by Crippen LogP contribution is 2.14. The van der Waals surface area contributed by atoms with Gasteiger partial charge in [-0.2, -0.15) is 0 Å². The lowest BCUT2D eigenvalue weighted by Gasteiger charge is -2.28. The molecule has 1 aromatic carbocycles. The molecule has 25 heavy (non-hydrogen) atoms. The molecule has 132 valence electrons. The molecule has 7 nitrogen and oxygen atoms in total. The van der Waals surface area contributed by atoms with Crippen molar-refractivity contribution >= 4 is 17.5 Å². The van der Waals surface area contributed by atoms with Gasteiger partial charge in [-0.05, 0) is 31.2 Å². The van der Waals surface area contributed by atoms with Crippen LogP contribution in [0.4, 0.5) is 20.7 Å². The third-order valence-corrected chi connectivity index (χ3v) is 3.73. The summed E-state index contributed by atoms with van der Waals surface area (Å²) in [6, 6.07) is 7.09. The zero-order valence-electron chi connectivity index (χ0n) is 14.0. The second kappa shape index (κ2) is 7.89. The number of carbonyl (C=O) groups excluding carboxylic acids is 1. The van der Waals surface area contributed by atoms with Crippen molar-refractivity contribution < 1.29 is 13.9 Å². The Kier molecular flexibility index (Phi) is 5.39. The van der Waals surface area contributed by atoms with Crippen LogP contribution in [0.1, 0.15) is 11.5 Å². The van der Waals surface area contributed by atoms with Gasteiger partial charge in [0.05, 0.1) is 19.8 Å². The number of aromatic nitrogens is 2. The van der Waals surface area contributed by atoms with E-state index in [-0.39, 0.29) is 12.4 Å². The van der Waals surface area contributed by atoms with Gasteiger partial charge in [0.15, 0.2) is 0 Å². The molecule has 8 heteroatoms. The van der Waals surface area contributed by atoms with Crippen molar-refractivity contribution in [2.75, 3.05) is 36.5 Å². The van der Waals surface area contributed by atoms with Crippen molar-refractivity contribution in [1.82, 2.24) is 15.3 Å². The maximum absolute atomic E-state index is 12.9. The minimum absolute atomic E-state index is 0.200. The molecular formula is C17H20FN5O2. The average molecular weight is 345 g/mol. The molecule has 2 amide bonds. The Morgan fingerprint density at radius 3 is 2.68 bits per heavy atom. The number of halogens is 1. The summed E-state index contributed by atoms with van der Waals surface area (Å²) in [6.07, 6.45) is 0. The van der Waals surface area contributed by atoms with E-state index in [1.807, 2.05) is 13.0 Å². The highest BCUT2D eigenvalue weighted by molar-refractivity contribution is 5.89. The lowest BCUT2D eigenvalue weighted by atomic mass is 10.3. The van der Waals surface area contributed by atoms with Crippen molar-refractivity contribution in [1.29, 1.82) is 0 Å². The van der Waals surface area contributed by atoms with E-state index in [9.17, 15) is 9.18 Å². The van der Waals surface area contributed by atoms with Gasteiger partial charge in [-0.25, -0.2) is 19.2 Å². The Morgan fingerprint density at radius 2 is 1.96 bits per heavy atom. The number of morpholine rings is 1. The maximum Gasteiger partial charge on any atom is 0.319 e. The van der Waals surface area contributed by atoms with Crippen molar-refractivity contribution in [2.24, 2.45) is 0 Å². The maximum atomic E-state index is 12.9. The first-order chi connectivity index (χ1) is 12.1. The summed E-state index contributed by atoms with van der Waals surface area (Å²) in [5.41, 5.74) is 1.35. The van der Waals surface area contributed by atoms with Crippen LogP contribution < -0.4 is 15.5 Å². The molecule has 1 aliphatic heterocycles. The Balaban J connectivity index is 1.59. The summed E-state index contributed by atoms with van der Waals surface area (Å²) >= 11 is 0. The zero-order valence-corrected chi connectivity index (χ0v) is 14.0. The first kappa shape index (κ1) is 17.1. The molecule has 1 fully saturated rings. The summed E-state index contributed by atoms with van der Waals surface area (Å²) in [6.45, 7) is 5.02. The Labute approximate surface area is 145 Å². The van der Waals surface area contributed by atoms with E-state index >= 15 is 0 Å². The molecule has 0 atom stereocenters. The highest BCUT2D eigenvalue weighted by atomic mass is 19.1. The number of rotatable bonds is 4. The summed E-state index contributed by atoms with van der Waals surface area (Å²) in [7, 11) is 0. The largest absolute Gasteiger partial charge is 0.378 e. The third-order valence-electron chi connectivity index (χ3n) is 3.73. The second-order valence-corrected chi connectivity index (χ2v) is 5.70. The highest BCUT2D eigenvalue weighted by Gasteiger charge is 2.14. The van der Waals surface area contributed by atoms with Gasteiger partial charge in [0.1, 0.15) is 17.5 Å². The molecule has 0 saturated carbocycles. The number of urea groups is 1. The van der Waals surface area contributed by atoms with Crippen molar-refractivity contribution in [3.05, 3.63) is 47.7 Å². The Morgan fingerprint density at radius 1 is 1.24 bits per heavy atom. The number of hydrogen-bond acceptors (Lipinski definition) is 5. The number of amides is 2. The lowest BCUT2D eigenvalue weighted by molar-refractivity contribution is 0.122. The monoisotopic (exact) mass is 345 g/mol. The third kappa shape index (κ3) is 4.87. The molecule has 0 radical (unpaired) electrons. The van der Waals surface area contributed by atoms with Crippen LogP contribution in [0.2, 0.25) is 0 Å². The molecule has 0 aliphatic carbocycles. The summed E-state index contributed by atoms with van der Waals surface area (Å²) in [4.78, 5) is 23.0. The molecule has 2 heterocycles. The minimum atomic E-state index is -0.398. The van der Waals surface area contributed by atoms with Gasteiger partial charge in [0.25, 0.3) is 0 Å². The predicted octanol–water partition coefficient (Wildman–Crippen LogP) is 2.08. The van der Waals surface area contributed by atoms with Crippen LogP contribution in [-0.4, -0.2) is 42.3 Å². The quantitative estimate of drug-likeness (QED) is 0.887. The first-order valence-corrected chi connectivity index (χ1v) is 8.08. The summed E-state index contributed by atoms with van der Waals surface area (Å²) < 4.78 is 18.2. The Hall–Kier alpha value is -2.74. The van der Waals surface area contributed by atoms with E-state index in [0.717, 1.165) is 24.6 Å². The molecule has 1 saturated heterocycles. The normalized spacial score (nSPS) is 14.2. The van der Waals surface area contributed by atoms with Crippen LogP contribution in [0.15, 0.2) is 30.3 Å². The second-order valence-electron chi connectivity index (χ2n) is 5.70. The smallest absolute Gasteiger partial charge is 0.319 e. The number of benzene rings is 1. The molecule has 3 rings (SSSR count). The number of nitrogens with zero attached hydrogens (tertiary/aromatic N) is 3. The fraction of sp³-hybridized carbons (Fsp3) is 0.353. The van der Waals surface area contributed by atoms with E-state index in [1.54, 1.807) is 0 Å². The molecule has 2 aromatic rings. The SMILES string of the molecule is Cc1cc(N2CCOCC2)nc(CNC(=O)Nc2ccc(F)cc2)n1. The standard InChI is InChI=1S/C17H20FN5O2/c1-12-10-16(23-6-8-25-9-7-23)22-15(20-12)11-19-17(24)21-14-4-2-13(18)3-5-14/h2-5,10H,6-9,11H2,1H3,(H2,19,21,24). The topological polar surface area (TPSA) is 79.4 Å². The first-order valence-electron chi connectivity index (χ1n) is 8.08. The van der Waals surface area contributed by atoms with Crippen LogP contribution in [0.3, 0.4) is 0 Å². The van der Waals surface area contributed by atoms with Crippen LogP contribution >= 0.6 is 0 Å². The van der Waals surface area contributed by atoms with Gasteiger partial charge in [-0.15, -0.1) is 0 Å². The summed E-state index contributed by atoms with van der Waals surface area (Å²) in [5, 5.41) is 5.34. The van der Waals surface area contributed by atoms with E-state index in [0.29, 0.717) is 24.7 Å². The summed E-state index contributed by atoms with van der Waals surface area (Å²) in [5.74, 6) is 1.03. The molecule has 1 aliphatic rings. The molecule has 0 bridgehead atoms. The van der Waals surface area contributed by atoms with Gasteiger partial charge in [-0.1, -0.05) is 0 Å². The van der Waals surface area contributed by atoms with Crippen LogP contribution in [0, 0.1) is 12.7 Å². The van der Waals surface area contributed by atoms with E-state index in [4.69, 9.17) is 4.74 Å². The Bertz CT molecular complexity index is 732. The molecule has 0 unspecified atom stereocenters. The number of ether oxygens (including phenoxy) is 1. The molecule has 1 aromatic heterocycles. The van der Waals surface area contributed by atoms with Crippen LogP contribution in [0.5, 0.6) is 0 Å². The fourth-order valence-electron chi connectivity index (χ4n) is 2.51. The van der Waals surface area contributed by atoms with Crippen molar-refractivity contribution in [2.45, 2.75) is 13.5 Å². The van der Waals surface area contributed by atoms with E-state index < -0.39 is 6.03 Å². The number of nitrogens with one attached hydrogen (secondary N) is 2. The fourth-order valence-corrected chi connectivity index (χ4v) is 2.51.